The Morgan fingerprint density at radius 2 is 1.95 bits per heavy atom. The zero-order valence-electron chi connectivity index (χ0n) is 11.8. The lowest BCUT2D eigenvalue weighted by molar-refractivity contribution is 1.000. The summed E-state index contributed by atoms with van der Waals surface area (Å²) in [5.74, 6) is 0.675. The van der Waals surface area contributed by atoms with Gasteiger partial charge in [0.05, 0.1) is 0 Å². The van der Waals surface area contributed by atoms with Gasteiger partial charge in [0.15, 0.2) is 0 Å². The molecular formula is C17H20BN. The van der Waals surface area contributed by atoms with Crippen molar-refractivity contribution in [2.24, 2.45) is 11.7 Å². The molecule has 0 unspecified atom stereocenters. The van der Waals surface area contributed by atoms with E-state index < -0.39 is 0 Å². The van der Waals surface area contributed by atoms with Crippen molar-refractivity contribution in [3.8, 4) is 0 Å². The van der Waals surface area contributed by atoms with Crippen molar-refractivity contribution in [1.82, 2.24) is 0 Å². The summed E-state index contributed by atoms with van der Waals surface area (Å²) in [6, 6.07) is 6.14. The van der Waals surface area contributed by atoms with Gasteiger partial charge in [-0.25, -0.2) is 0 Å². The Balaban J connectivity index is 2.12. The van der Waals surface area contributed by atoms with Crippen LogP contribution in [0.25, 0.3) is 5.57 Å². The lowest BCUT2D eigenvalue weighted by Gasteiger charge is -2.15. The maximum Gasteiger partial charge on any atom is 0.113 e. The van der Waals surface area contributed by atoms with Crippen LogP contribution in [0, 0.1) is 12.8 Å². The second kappa shape index (κ2) is 4.59. The van der Waals surface area contributed by atoms with E-state index in [0.29, 0.717) is 5.92 Å². The van der Waals surface area contributed by atoms with Crippen molar-refractivity contribution in [3.05, 3.63) is 46.2 Å². The third-order valence-electron chi connectivity index (χ3n) is 4.23. The van der Waals surface area contributed by atoms with Gasteiger partial charge in [-0.15, -0.1) is 0 Å². The zero-order chi connectivity index (χ0) is 13.6. The van der Waals surface area contributed by atoms with E-state index in [-0.39, 0.29) is 0 Å². The second-order valence-corrected chi connectivity index (χ2v) is 5.90. The average molecular weight is 249 g/mol. The Morgan fingerprint density at radius 1 is 1.26 bits per heavy atom. The first-order valence-corrected chi connectivity index (χ1v) is 7.13. The van der Waals surface area contributed by atoms with Gasteiger partial charge in [0.1, 0.15) is 7.85 Å². The molecule has 2 aliphatic rings. The van der Waals surface area contributed by atoms with Gasteiger partial charge in [0.25, 0.3) is 0 Å². The molecule has 0 atom stereocenters. The summed E-state index contributed by atoms with van der Waals surface area (Å²) in [5, 5.41) is 0. The predicted octanol–water partition coefficient (Wildman–Crippen LogP) is 2.98. The molecule has 0 spiro atoms. The van der Waals surface area contributed by atoms with Gasteiger partial charge in [-0.2, -0.15) is 0 Å². The van der Waals surface area contributed by atoms with Crippen LogP contribution < -0.4 is 11.2 Å². The van der Waals surface area contributed by atoms with Crippen LogP contribution in [0.5, 0.6) is 0 Å². The standard InChI is InChI=1S/C17H20BN/c1-10-3-8-14(18)9-15(10)11(2)16(12-4-5-12)17(19)13-6-7-13/h3,8-9,12H,4-7,19H2,1-2H3/b16-11+. The zero-order valence-corrected chi connectivity index (χ0v) is 11.8. The largest absolute Gasteiger partial charge is 0.399 e. The van der Waals surface area contributed by atoms with Gasteiger partial charge < -0.3 is 5.73 Å². The van der Waals surface area contributed by atoms with E-state index in [2.05, 4.69) is 26.0 Å². The molecule has 2 fully saturated rings. The molecule has 2 N–H and O–H groups in total. The Hall–Kier alpha value is -1.44. The van der Waals surface area contributed by atoms with Crippen LogP contribution in [0.2, 0.25) is 0 Å². The second-order valence-electron chi connectivity index (χ2n) is 5.90. The van der Waals surface area contributed by atoms with E-state index in [9.17, 15) is 0 Å². The molecule has 1 aromatic carbocycles. The molecule has 2 saturated carbocycles. The number of aryl methyl sites for hydroxylation is 1. The van der Waals surface area contributed by atoms with E-state index in [1.807, 2.05) is 6.07 Å². The molecule has 2 heteroatoms. The molecule has 1 nitrogen and oxygen atoms in total. The summed E-state index contributed by atoms with van der Waals surface area (Å²) in [4.78, 5) is 0. The highest BCUT2D eigenvalue weighted by Crippen LogP contribution is 2.46. The van der Waals surface area contributed by atoms with Crippen LogP contribution in [0.1, 0.15) is 43.7 Å². The fourth-order valence-corrected chi connectivity index (χ4v) is 2.81. The minimum atomic E-state index is 0.675. The van der Waals surface area contributed by atoms with Crippen molar-refractivity contribution in [2.45, 2.75) is 39.5 Å². The molecule has 1 aromatic rings. The lowest BCUT2D eigenvalue weighted by Crippen LogP contribution is -2.08. The first-order chi connectivity index (χ1) is 9.08. The molecule has 19 heavy (non-hydrogen) atoms. The highest BCUT2D eigenvalue weighted by molar-refractivity contribution is 6.32. The van der Waals surface area contributed by atoms with Gasteiger partial charge in [-0.05, 0) is 73.3 Å². The Labute approximate surface area is 117 Å². The lowest BCUT2D eigenvalue weighted by atomic mass is 9.87. The summed E-state index contributed by atoms with van der Waals surface area (Å²) in [5.41, 5.74) is 15.0. The van der Waals surface area contributed by atoms with Crippen molar-refractivity contribution < 1.29 is 0 Å². The minimum Gasteiger partial charge on any atom is -0.399 e. The first-order valence-electron chi connectivity index (χ1n) is 7.13. The van der Waals surface area contributed by atoms with Gasteiger partial charge in [0.2, 0.25) is 0 Å². The van der Waals surface area contributed by atoms with Crippen molar-refractivity contribution >= 4 is 18.9 Å². The summed E-state index contributed by atoms with van der Waals surface area (Å²) >= 11 is 0. The van der Waals surface area contributed by atoms with Crippen LogP contribution >= 0.6 is 0 Å². The van der Waals surface area contributed by atoms with Crippen LogP contribution in [-0.4, -0.2) is 7.85 Å². The molecule has 0 bridgehead atoms. The molecule has 0 amide bonds. The number of hydrogen-bond acceptors (Lipinski definition) is 1. The van der Waals surface area contributed by atoms with Gasteiger partial charge in [-0.1, -0.05) is 23.7 Å². The van der Waals surface area contributed by atoms with Crippen molar-refractivity contribution in [3.63, 3.8) is 0 Å². The number of allylic oxidation sites excluding steroid dienone is 3. The van der Waals surface area contributed by atoms with Gasteiger partial charge >= 0.3 is 0 Å². The molecular weight excluding hydrogens is 229 g/mol. The van der Waals surface area contributed by atoms with Crippen LogP contribution in [0.4, 0.5) is 0 Å². The minimum absolute atomic E-state index is 0.675. The van der Waals surface area contributed by atoms with Crippen molar-refractivity contribution in [1.29, 1.82) is 0 Å². The fourth-order valence-electron chi connectivity index (χ4n) is 2.81. The summed E-state index contributed by atoms with van der Waals surface area (Å²) < 4.78 is 0. The summed E-state index contributed by atoms with van der Waals surface area (Å²) in [6.45, 7) is 4.34. The summed E-state index contributed by atoms with van der Waals surface area (Å²) in [7, 11) is 5.94. The number of nitrogens with two attached hydrogens (primary N) is 1. The Morgan fingerprint density at radius 3 is 2.53 bits per heavy atom. The molecule has 0 aromatic heterocycles. The van der Waals surface area contributed by atoms with E-state index in [4.69, 9.17) is 13.6 Å². The van der Waals surface area contributed by atoms with Crippen LogP contribution in [-0.2, 0) is 0 Å². The van der Waals surface area contributed by atoms with Gasteiger partial charge in [-0.3, -0.25) is 0 Å². The number of rotatable bonds is 3. The maximum absolute atomic E-state index is 6.38. The van der Waals surface area contributed by atoms with Crippen molar-refractivity contribution in [2.75, 3.05) is 0 Å². The first kappa shape index (κ1) is 12.6. The molecule has 0 aliphatic heterocycles. The molecule has 3 rings (SSSR count). The highest BCUT2D eigenvalue weighted by Gasteiger charge is 2.32. The fraction of sp³-hybridized carbons (Fsp3) is 0.412. The molecule has 2 radical (unpaired) electrons. The highest BCUT2D eigenvalue weighted by atomic mass is 14.6. The predicted molar refractivity (Wildman–Crippen MR) is 82.3 cm³/mol. The van der Waals surface area contributed by atoms with E-state index >= 15 is 0 Å². The Kier molecular flexibility index (Phi) is 3.04. The van der Waals surface area contributed by atoms with Gasteiger partial charge in [0, 0.05) is 5.70 Å². The van der Waals surface area contributed by atoms with Crippen LogP contribution in [0.15, 0.2) is 35.0 Å². The monoisotopic (exact) mass is 249 g/mol. The smallest absolute Gasteiger partial charge is 0.113 e. The number of benzene rings is 1. The molecule has 2 aliphatic carbocycles. The topological polar surface area (TPSA) is 26.0 Å². The Bertz CT molecular complexity index is 585. The van der Waals surface area contributed by atoms with E-state index in [1.165, 1.54) is 53.5 Å². The van der Waals surface area contributed by atoms with Crippen LogP contribution in [0.3, 0.4) is 0 Å². The summed E-state index contributed by atoms with van der Waals surface area (Å²) in [6.07, 6.45) is 4.93. The maximum atomic E-state index is 6.38. The third-order valence-corrected chi connectivity index (χ3v) is 4.23. The SMILES string of the molecule is [B]c1ccc(C)c(/C(C)=C(/C(N)=C2CC2)C2CC2)c1. The quantitative estimate of drug-likeness (QED) is 0.819. The number of hydrogen-bond donors (Lipinski definition) is 1. The molecule has 0 saturated heterocycles. The van der Waals surface area contributed by atoms with E-state index in [0.717, 1.165) is 11.2 Å². The van der Waals surface area contributed by atoms with E-state index in [1.54, 1.807) is 0 Å². The average Bonchev–Trinajstić information content (AvgIpc) is 3.24. The normalized spacial score (nSPS) is 19.2. The molecule has 0 heterocycles. The molecule has 96 valence electrons. The third kappa shape index (κ3) is 2.49.